The molecule has 0 radical (unpaired) electrons. The van der Waals surface area contributed by atoms with Crippen molar-refractivity contribution in [3.05, 3.63) is 89.5 Å². The van der Waals surface area contributed by atoms with Gasteiger partial charge in [-0.15, -0.1) is 0 Å². The van der Waals surface area contributed by atoms with Crippen LogP contribution in [0.3, 0.4) is 0 Å². The highest BCUT2D eigenvalue weighted by Crippen LogP contribution is 2.48. The van der Waals surface area contributed by atoms with E-state index in [1.807, 2.05) is 36.2 Å². The van der Waals surface area contributed by atoms with Gasteiger partial charge in [-0.25, -0.2) is 4.39 Å². The standard InChI is InChI=1S/C43H63FN4S2/c1-10-11-32-12-18-37(19-13-32)47-28-34(24-41(3,4)31(47)2)27-46-50(8,9)39-22-16-36(17-23-39)43(7,44)35-14-20-38(21-15-35)48-29-33-25-42(5,6)40(48)30-49-45-26-33/h12-23,31,33-34,40,45-46H,10-11,24-30H2,1-9H3. The van der Waals surface area contributed by atoms with Crippen molar-refractivity contribution >= 4 is 33.5 Å². The molecule has 7 rings (SSSR count). The highest BCUT2D eigenvalue weighted by Gasteiger charge is 2.43. The minimum atomic E-state index is -1.57. The highest BCUT2D eigenvalue weighted by atomic mass is 32.3. The zero-order valence-corrected chi connectivity index (χ0v) is 33.8. The maximum Gasteiger partial charge on any atom is 0.158 e. The molecule has 50 heavy (non-hydrogen) atoms. The number of rotatable bonds is 10. The summed E-state index contributed by atoms with van der Waals surface area (Å²) in [5.41, 5.74) is 4.30. The van der Waals surface area contributed by atoms with Crippen LogP contribution in [-0.2, 0) is 12.1 Å². The van der Waals surface area contributed by atoms with Gasteiger partial charge in [0, 0.05) is 60.3 Å². The van der Waals surface area contributed by atoms with Crippen LogP contribution in [0.4, 0.5) is 15.8 Å². The maximum atomic E-state index is 16.6. The molecule has 5 atom stereocenters. The zero-order chi connectivity index (χ0) is 35.9. The van der Waals surface area contributed by atoms with E-state index in [9.17, 15) is 0 Å². The Morgan fingerprint density at radius 1 is 0.860 bits per heavy atom. The number of aryl methyl sites for hydroxylation is 1. The van der Waals surface area contributed by atoms with Gasteiger partial charge < -0.3 is 9.80 Å². The average molecular weight is 719 g/mol. The highest BCUT2D eigenvalue weighted by molar-refractivity contribution is 8.31. The number of alkyl halides is 1. The summed E-state index contributed by atoms with van der Waals surface area (Å²) in [5.74, 6) is 2.24. The summed E-state index contributed by atoms with van der Waals surface area (Å²) in [7, 11) is -1.27. The Balaban J connectivity index is 1.11. The van der Waals surface area contributed by atoms with Gasteiger partial charge in [-0.3, -0.25) is 9.44 Å². The van der Waals surface area contributed by atoms with Gasteiger partial charge in [0.15, 0.2) is 5.67 Å². The fourth-order valence-corrected chi connectivity index (χ4v) is 11.8. The van der Waals surface area contributed by atoms with Crippen LogP contribution in [0.25, 0.3) is 0 Å². The van der Waals surface area contributed by atoms with Crippen molar-refractivity contribution < 1.29 is 4.39 Å². The number of hydrogen-bond donors (Lipinski definition) is 2. The molecule has 4 saturated heterocycles. The SMILES string of the molecule is CCCc1ccc(N2CC(CNS(C)(C)c3ccc(C(C)(F)c4ccc(N5CC6CNSCC5C(C)(C)C6)cc4)cc3)CC(C)(C)C2C)cc1. The second kappa shape index (κ2) is 14.7. The first-order valence-electron chi connectivity index (χ1n) is 19.0. The lowest BCUT2D eigenvalue weighted by atomic mass is 9.72. The van der Waals surface area contributed by atoms with Crippen LogP contribution in [0.5, 0.6) is 0 Å². The van der Waals surface area contributed by atoms with E-state index in [1.54, 1.807) is 6.92 Å². The predicted molar refractivity (Wildman–Crippen MR) is 219 cm³/mol. The average Bonchev–Trinajstić information content (AvgIpc) is 3.06. The van der Waals surface area contributed by atoms with E-state index in [2.05, 4.69) is 122 Å². The molecule has 2 N–H and O–H groups in total. The molecular weight excluding hydrogens is 656 g/mol. The molecule has 3 aromatic carbocycles. The number of hydrogen-bond acceptors (Lipinski definition) is 5. The molecule has 0 aliphatic carbocycles. The van der Waals surface area contributed by atoms with Crippen LogP contribution < -0.4 is 19.2 Å². The topological polar surface area (TPSA) is 30.5 Å². The van der Waals surface area contributed by atoms with Crippen molar-refractivity contribution in [2.75, 3.05) is 54.2 Å². The lowest BCUT2D eigenvalue weighted by molar-refractivity contribution is 0.173. The fraction of sp³-hybridized carbons (Fsp3) is 0.581. The summed E-state index contributed by atoms with van der Waals surface area (Å²) in [4.78, 5) is 6.49. The van der Waals surface area contributed by atoms with Crippen molar-refractivity contribution in [1.82, 2.24) is 9.44 Å². The molecule has 4 fully saturated rings. The molecule has 274 valence electrons. The Kier molecular flexibility index (Phi) is 11.0. The molecular formula is C43H63FN4S2. The third kappa shape index (κ3) is 7.91. The smallest absolute Gasteiger partial charge is 0.158 e. The molecule has 2 bridgehead atoms. The fourth-order valence-electron chi connectivity index (χ4n) is 8.92. The Labute approximate surface area is 309 Å². The molecule has 7 heteroatoms. The predicted octanol–water partition coefficient (Wildman–Crippen LogP) is 10.2. The first-order valence-corrected chi connectivity index (χ1v) is 22.4. The second-order valence-electron chi connectivity index (χ2n) is 17.4. The number of anilines is 2. The minimum Gasteiger partial charge on any atom is -0.368 e. The third-order valence-corrected chi connectivity index (χ3v) is 15.6. The van der Waals surface area contributed by atoms with Crippen LogP contribution in [0, 0.1) is 22.7 Å². The Morgan fingerprint density at radius 3 is 2.10 bits per heavy atom. The minimum absolute atomic E-state index is 0.219. The molecule has 0 amide bonds. The third-order valence-electron chi connectivity index (χ3n) is 12.4. The van der Waals surface area contributed by atoms with Gasteiger partial charge in [0.2, 0.25) is 0 Å². The molecule has 4 nitrogen and oxygen atoms in total. The van der Waals surface area contributed by atoms with Crippen molar-refractivity contribution in [1.29, 1.82) is 0 Å². The monoisotopic (exact) mass is 718 g/mol. The Bertz CT molecular complexity index is 1570. The molecule has 3 aromatic rings. The zero-order valence-electron chi connectivity index (χ0n) is 32.2. The number of piperidine rings is 2. The van der Waals surface area contributed by atoms with Gasteiger partial charge in [0.1, 0.15) is 0 Å². The Morgan fingerprint density at radius 2 is 1.46 bits per heavy atom. The number of benzene rings is 3. The largest absolute Gasteiger partial charge is 0.368 e. The van der Waals surface area contributed by atoms with Gasteiger partial charge in [-0.05, 0) is 121 Å². The van der Waals surface area contributed by atoms with Gasteiger partial charge in [-0.1, -0.05) is 89.4 Å². The lowest BCUT2D eigenvalue weighted by Crippen LogP contribution is -2.57. The molecule has 5 unspecified atom stereocenters. The van der Waals surface area contributed by atoms with Crippen molar-refractivity contribution in [3.63, 3.8) is 0 Å². The summed E-state index contributed by atoms with van der Waals surface area (Å²) in [5, 5.41) is 0. The first kappa shape index (κ1) is 37.6. The van der Waals surface area contributed by atoms with E-state index in [4.69, 9.17) is 0 Å². The van der Waals surface area contributed by atoms with E-state index in [1.165, 1.54) is 41.1 Å². The van der Waals surface area contributed by atoms with E-state index in [-0.39, 0.29) is 10.8 Å². The van der Waals surface area contributed by atoms with Gasteiger partial charge in [0.25, 0.3) is 0 Å². The molecule has 0 spiro atoms. The number of nitrogens with one attached hydrogen (secondary N) is 2. The van der Waals surface area contributed by atoms with E-state index in [0.717, 1.165) is 38.4 Å². The Hall–Kier alpha value is -2.19. The summed E-state index contributed by atoms with van der Waals surface area (Å²) in [6, 6.07) is 26.9. The van der Waals surface area contributed by atoms with E-state index in [0.29, 0.717) is 35.0 Å². The van der Waals surface area contributed by atoms with Gasteiger partial charge >= 0.3 is 0 Å². The quantitative estimate of drug-likeness (QED) is 0.204. The lowest BCUT2D eigenvalue weighted by Gasteiger charge is -2.52. The molecule has 4 aliphatic heterocycles. The first-order chi connectivity index (χ1) is 23.6. The number of fused-ring (bicyclic) bond motifs is 5. The molecule has 0 saturated carbocycles. The number of nitrogens with zero attached hydrogens (tertiary/aromatic N) is 2. The van der Waals surface area contributed by atoms with Crippen LogP contribution >= 0.6 is 22.2 Å². The summed E-state index contributed by atoms with van der Waals surface area (Å²) < 4.78 is 24.2. The van der Waals surface area contributed by atoms with Gasteiger partial charge in [-0.2, -0.15) is 10.2 Å². The molecule has 0 aromatic heterocycles. The van der Waals surface area contributed by atoms with E-state index < -0.39 is 15.9 Å². The van der Waals surface area contributed by atoms with Crippen LogP contribution in [-0.4, -0.2) is 56.5 Å². The maximum absolute atomic E-state index is 16.6. The van der Waals surface area contributed by atoms with Crippen LogP contribution in [0.2, 0.25) is 0 Å². The van der Waals surface area contributed by atoms with Crippen molar-refractivity contribution in [2.45, 2.75) is 96.8 Å². The summed E-state index contributed by atoms with van der Waals surface area (Å²) in [6.07, 6.45) is 9.44. The van der Waals surface area contributed by atoms with Gasteiger partial charge in [0.05, 0.1) is 0 Å². The van der Waals surface area contributed by atoms with Crippen LogP contribution in [0.1, 0.15) is 84.4 Å². The summed E-state index contributed by atoms with van der Waals surface area (Å²) in [6.45, 7) is 20.2. The number of halogens is 1. The molecule has 4 aliphatic rings. The normalized spacial score (nSPS) is 26.6. The van der Waals surface area contributed by atoms with Crippen molar-refractivity contribution in [3.8, 4) is 0 Å². The summed E-state index contributed by atoms with van der Waals surface area (Å²) >= 11 is 1.85. The molecule has 4 heterocycles. The van der Waals surface area contributed by atoms with Crippen molar-refractivity contribution in [2.24, 2.45) is 22.7 Å². The second-order valence-corrected chi connectivity index (χ2v) is 21.8. The van der Waals surface area contributed by atoms with Crippen LogP contribution in [0.15, 0.2) is 77.7 Å². The van der Waals surface area contributed by atoms with E-state index >= 15 is 4.39 Å².